The van der Waals surface area contributed by atoms with Gasteiger partial charge in [-0.15, -0.1) is 0 Å². The first-order chi connectivity index (χ1) is 14.4. The maximum absolute atomic E-state index is 12.8. The summed E-state index contributed by atoms with van der Waals surface area (Å²) in [6.07, 6.45) is 3.85. The van der Waals surface area contributed by atoms with Crippen LogP contribution < -0.4 is 14.2 Å². The summed E-state index contributed by atoms with van der Waals surface area (Å²) >= 11 is 0. The van der Waals surface area contributed by atoms with E-state index in [4.69, 9.17) is 9.47 Å². The number of nitrogens with one attached hydrogen (secondary N) is 1. The Morgan fingerprint density at radius 2 is 1.67 bits per heavy atom. The van der Waals surface area contributed by atoms with Crippen LogP contribution in [0.2, 0.25) is 0 Å². The van der Waals surface area contributed by atoms with Gasteiger partial charge in [0.2, 0.25) is 10.0 Å². The van der Waals surface area contributed by atoms with Crippen LogP contribution in [0.1, 0.15) is 36.8 Å². The fourth-order valence-electron chi connectivity index (χ4n) is 4.84. The van der Waals surface area contributed by atoms with Crippen LogP contribution in [0.15, 0.2) is 47.4 Å². The van der Waals surface area contributed by atoms with E-state index in [9.17, 15) is 8.42 Å². The molecule has 2 fully saturated rings. The number of sulfonamides is 1. The zero-order chi connectivity index (χ0) is 21.3. The fraction of sp³-hybridized carbons (Fsp3) is 0.478. The van der Waals surface area contributed by atoms with Gasteiger partial charge in [0.25, 0.3) is 0 Å². The smallest absolute Gasteiger partial charge is 0.240 e. The van der Waals surface area contributed by atoms with Crippen molar-refractivity contribution in [2.45, 2.75) is 62.2 Å². The van der Waals surface area contributed by atoms with Crippen LogP contribution in [0.5, 0.6) is 11.5 Å². The van der Waals surface area contributed by atoms with E-state index in [0.717, 1.165) is 54.9 Å². The number of aryl methyl sites for hydroxylation is 1. The lowest BCUT2D eigenvalue weighted by atomic mass is 9.97. The van der Waals surface area contributed by atoms with E-state index in [-0.39, 0.29) is 6.04 Å². The molecular formula is C23H30N2O4S. The van der Waals surface area contributed by atoms with E-state index >= 15 is 0 Å². The summed E-state index contributed by atoms with van der Waals surface area (Å²) in [6.45, 7) is 2.74. The van der Waals surface area contributed by atoms with Gasteiger partial charge in [-0.25, -0.2) is 13.1 Å². The standard InChI is InChI=1S/C23H30N2O4S/c1-16-4-9-22(10-5-16)30(26,27)24-18-13-19-6-7-20(14-18)25(19)15-17-12-21(28-2)8-11-23(17)29-3/h4-5,8-12,18-20,24H,6-7,13-15H2,1-3H3. The molecule has 2 atom stereocenters. The first kappa shape index (κ1) is 21.2. The monoisotopic (exact) mass is 430 g/mol. The van der Waals surface area contributed by atoms with Crippen molar-refractivity contribution < 1.29 is 17.9 Å². The topological polar surface area (TPSA) is 67.9 Å². The summed E-state index contributed by atoms with van der Waals surface area (Å²) < 4.78 is 39.5. The van der Waals surface area contributed by atoms with Crippen LogP contribution in [0.25, 0.3) is 0 Å². The molecule has 2 aromatic carbocycles. The largest absolute Gasteiger partial charge is 0.497 e. The van der Waals surface area contributed by atoms with Gasteiger partial charge in [0.05, 0.1) is 19.1 Å². The number of ether oxygens (including phenoxy) is 2. The molecule has 2 saturated heterocycles. The Bertz CT molecular complexity index is 977. The lowest BCUT2D eigenvalue weighted by Gasteiger charge is -2.39. The van der Waals surface area contributed by atoms with Gasteiger partial charge in [-0.2, -0.15) is 0 Å². The summed E-state index contributed by atoms with van der Waals surface area (Å²) in [5, 5.41) is 0. The van der Waals surface area contributed by atoms with Gasteiger partial charge in [0, 0.05) is 30.2 Å². The average Bonchev–Trinajstić information content (AvgIpc) is 2.96. The number of rotatable bonds is 7. The fourth-order valence-corrected chi connectivity index (χ4v) is 6.10. The highest BCUT2D eigenvalue weighted by Gasteiger charge is 2.42. The van der Waals surface area contributed by atoms with E-state index < -0.39 is 10.0 Å². The van der Waals surface area contributed by atoms with Gasteiger partial charge in [0.1, 0.15) is 11.5 Å². The van der Waals surface area contributed by atoms with Crippen molar-refractivity contribution in [1.29, 1.82) is 0 Å². The van der Waals surface area contributed by atoms with Gasteiger partial charge in [-0.1, -0.05) is 17.7 Å². The van der Waals surface area contributed by atoms with Crippen molar-refractivity contribution in [1.82, 2.24) is 9.62 Å². The molecule has 4 rings (SSSR count). The Morgan fingerprint density at radius 3 is 2.27 bits per heavy atom. The molecule has 2 heterocycles. The molecule has 0 radical (unpaired) electrons. The van der Waals surface area contributed by atoms with Gasteiger partial charge >= 0.3 is 0 Å². The quantitative estimate of drug-likeness (QED) is 0.728. The number of hydrogen-bond donors (Lipinski definition) is 1. The van der Waals surface area contributed by atoms with Crippen LogP contribution in [0.3, 0.4) is 0 Å². The molecule has 0 spiro atoms. The molecule has 0 aliphatic carbocycles. The number of nitrogens with zero attached hydrogens (tertiary/aromatic N) is 1. The van der Waals surface area contributed by atoms with Crippen LogP contribution >= 0.6 is 0 Å². The highest BCUT2D eigenvalue weighted by molar-refractivity contribution is 7.89. The van der Waals surface area contributed by atoms with Crippen LogP contribution in [0, 0.1) is 6.92 Å². The van der Waals surface area contributed by atoms with Gasteiger partial charge in [-0.05, 0) is 62.9 Å². The Morgan fingerprint density at radius 1 is 1.00 bits per heavy atom. The third-order valence-electron chi connectivity index (χ3n) is 6.38. The number of fused-ring (bicyclic) bond motifs is 2. The Hall–Kier alpha value is -2.09. The minimum absolute atomic E-state index is 0.0303. The first-order valence-electron chi connectivity index (χ1n) is 10.5. The molecule has 7 heteroatoms. The molecule has 2 bridgehead atoms. The molecule has 2 unspecified atom stereocenters. The summed E-state index contributed by atoms with van der Waals surface area (Å²) in [4.78, 5) is 2.84. The Labute approximate surface area is 179 Å². The second kappa shape index (κ2) is 8.57. The second-order valence-electron chi connectivity index (χ2n) is 8.34. The van der Waals surface area contributed by atoms with Crippen molar-refractivity contribution in [2.75, 3.05) is 14.2 Å². The Balaban J connectivity index is 1.46. The van der Waals surface area contributed by atoms with Crippen molar-refractivity contribution >= 4 is 10.0 Å². The van der Waals surface area contributed by atoms with E-state index in [1.54, 1.807) is 26.4 Å². The van der Waals surface area contributed by atoms with Crippen molar-refractivity contribution in [3.63, 3.8) is 0 Å². The molecule has 6 nitrogen and oxygen atoms in total. The first-order valence-corrected chi connectivity index (χ1v) is 11.9. The van der Waals surface area contributed by atoms with Crippen LogP contribution in [-0.2, 0) is 16.6 Å². The lowest BCUT2D eigenvalue weighted by molar-refractivity contribution is 0.114. The zero-order valence-electron chi connectivity index (χ0n) is 17.8. The minimum atomic E-state index is -3.50. The average molecular weight is 431 g/mol. The molecule has 2 aliphatic rings. The Kier molecular flexibility index (Phi) is 6.04. The predicted octanol–water partition coefficient (Wildman–Crippen LogP) is 3.49. The number of piperidine rings is 1. The maximum atomic E-state index is 12.8. The third kappa shape index (κ3) is 4.33. The molecule has 0 aromatic heterocycles. The van der Waals surface area contributed by atoms with E-state index in [1.807, 2.05) is 37.3 Å². The number of methoxy groups -OCH3 is 2. The van der Waals surface area contributed by atoms with Crippen LogP contribution in [-0.4, -0.2) is 45.7 Å². The van der Waals surface area contributed by atoms with E-state index in [2.05, 4.69) is 9.62 Å². The highest BCUT2D eigenvalue weighted by Crippen LogP contribution is 2.38. The predicted molar refractivity (Wildman–Crippen MR) is 116 cm³/mol. The van der Waals surface area contributed by atoms with Gasteiger partial charge in [-0.3, -0.25) is 4.90 Å². The molecule has 2 aromatic rings. The van der Waals surface area contributed by atoms with E-state index in [1.165, 1.54) is 0 Å². The van der Waals surface area contributed by atoms with Gasteiger partial charge in [0.15, 0.2) is 0 Å². The van der Waals surface area contributed by atoms with Crippen molar-refractivity contribution in [3.8, 4) is 11.5 Å². The maximum Gasteiger partial charge on any atom is 0.240 e. The molecule has 2 aliphatic heterocycles. The molecule has 162 valence electrons. The highest BCUT2D eigenvalue weighted by atomic mass is 32.2. The van der Waals surface area contributed by atoms with Crippen LogP contribution in [0.4, 0.5) is 0 Å². The second-order valence-corrected chi connectivity index (χ2v) is 10.1. The normalized spacial score (nSPS) is 24.0. The molecule has 0 amide bonds. The molecule has 1 N–H and O–H groups in total. The SMILES string of the molecule is COc1ccc(OC)c(CN2C3CCC2CC(NS(=O)(=O)c2ccc(C)cc2)C3)c1. The van der Waals surface area contributed by atoms with E-state index in [0.29, 0.717) is 17.0 Å². The summed E-state index contributed by atoms with van der Waals surface area (Å²) in [7, 11) is -0.143. The molecule has 30 heavy (non-hydrogen) atoms. The van der Waals surface area contributed by atoms with Gasteiger partial charge < -0.3 is 9.47 Å². The third-order valence-corrected chi connectivity index (χ3v) is 7.91. The van der Waals surface area contributed by atoms with Crippen molar-refractivity contribution in [3.05, 3.63) is 53.6 Å². The summed E-state index contributed by atoms with van der Waals surface area (Å²) in [5.74, 6) is 1.68. The summed E-state index contributed by atoms with van der Waals surface area (Å²) in [6, 6.07) is 13.6. The summed E-state index contributed by atoms with van der Waals surface area (Å²) in [5.41, 5.74) is 2.15. The lowest BCUT2D eigenvalue weighted by Crippen LogP contribution is -2.49. The molecule has 0 saturated carbocycles. The zero-order valence-corrected chi connectivity index (χ0v) is 18.6. The number of hydrogen-bond acceptors (Lipinski definition) is 5. The number of benzene rings is 2. The van der Waals surface area contributed by atoms with Crippen molar-refractivity contribution in [2.24, 2.45) is 0 Å². The molecular weight excluding hydrogens is 400 g/mol. The minimum Gasteiger partial charge on any atom is -0.497 e.